The minimum absolute atomic E-state index is 0.0341. The summed E-state index contributed by atoms with van der Waals surface area (Å²) in [5.41, 5.74) is 0.699. The van der Waals surface area contributed by atoms with Gasteiger partial charge in [-0.15, -0.1) is 0 Å². The summed E-state index contributed by atoms with van der Waals surface area (Å²) in [4.78, 5) is 24.7. The third-order valence-electron chi connectivity index (χ3n) is 4.25. The van der Waals surface area contributed by atoms with E-state index in [2.05, 4.69) is 10.6 Å². The van der Waals surface area contributed by atoms with E-state index in [1.165, 1.54) is 36.4 Å². The minimum Gasteiger partial charge on any atom is -0.508 e. The quantitative estimate of drug-likeness (QED) is 0.252. The molecule has 2 rings (SSSR count). The zero-order chi connectivity index (χ0) is 22.3. The lowest BCUT2D eigenvalue weighted by molar-refractivity contribution is 0.0873. The molecular weight excluding hydrogens is 396 g/mol. The van der Waals surface area contributed by atoms with Crippen LogP contribution in [0.15, 0.2) is 36.4 Å². The molecule has 0 bridgehead atoms. The molecule has 2 aromatic carbocycles. The smallest absolute Gasteiger partial charge is 0.251 e. The highest BCUT2D eigenvalue weighted by Gasteiger charge is 2.17. The number of rotatable bonds is 9. The summed E-state index contributed by atoms with van der Waals surface area (Å²) >= 11 is 0. The van der Waals surface area contributed by atoms with Crippen LogP contribution < -0.4 is 10.6 Å². The van der Waals surface area contributed by atoms with Gasteiger partial charge >= 0.3 is 0 Å². The molecule has 30 heavy (non-hydrogen) atoms. The summed E-state index contributed by atoms with van der Waals surface area (Å²) in [5, 5.41) is 61.2. The molecule has 0 radical (unpaired) electrons. The Hall–Kier alpha value is -3.18. The van der Waals surface area contributed by atoms with Crippen LogP contribution in [0.2, 0.25) is 0 Å². The van der Waals surface area contributed by atoms with Crippen molar-refractivity contribution in [2.24, 2.45) is 0 Å². The van der Waals surface area contributed by atoms with E-state index in [4.69, 9.17) is 20.4 Å². The molecule has 0 atom stereocenters. The van der Waals surface area contributed by atoms with Gasteiger partial charge in [-0.2, -0.15) is 0 Å². The number of hydrogen-bond donors (Lipinski definition) is 8. The zero-order valence-corrected chi connectivity index (χ0v) is 15.9. The van der Waals surface area contributed by atoms with Crippen LogP contribution in [-0.4, -0.2) is 81.0 Å². The molecule has 0 saturated carbocycles. The maximum atomic E-state index is 12.3. The number of carbonyl (C=O) groups excluding carboxylic acids is 2. The summed E-state index contributed by atoms with van der Waals surface area (Å²) in [7, 11) is 0. The molecule has 2 amide bonds. The van der Waals surface area contributed by atoms with E-state index in [9.17, 15) is 19.8 Å². The van der Waals surface area contributed by atoms with E-state index in [1.54, 1.807) is 0 Å². The van der Waals surface area contributed by atoms with Crippen LogP contribution in [0.5, 0.6) is 11.5 Å². The number of aromatic hydroxyl groups is 2. The largest absolute Gasteiger partial charge is 0.508 e. The Bertz CT molecular complexity index is 821. The molecule has 0 aliphatic heterocycles. The lowest BCUT2D eigenvalue weighted by atomic mass is 9.99. The van der Waals surface area contributed by atoms with Crippen molar-refractivity contribution in [1.82, 2.24) is 10.6 Å². The van der Waals surface area contributed by atoms with Crippen molar-refractivity contribution in [3.05, 3.63) is 47.5 Å². The van der Waals surface area contributed by atoms with Gasteiger partial charge in [-0.05, 0) is 47.5 Å². The standard InChI is InChI=1S/C20H24N2O8/c23-7-15(8-24)21-19(29)13-1-11(3-17(27)5-13)12-2-14(6-18(28)4-12)20(30)22-16(9-25)10-26/h1-6,15-16,23-28H,7-10H2,(H,21,29)(H,22,30). The average Bonchev–Trinajstić information content (AvgIpc) is 2.74. The summed E-state index contributed by atoms with van der Waals surface area (Å²) in [6.07, 6.45) is 0. The highest BCUT2D eigenvalue weighted by molar-refractivity contribution is 5.98. The van der Waals surface area contributed by atoms with Gasteiger partial charge in [0.15, 0.2) is 0 Å². The molecule has 162 valence electrons. The van der Waals surface area contributed by atoms with Crippen molar-refractivity contribution in [2.75, 3.05) is 26.4 Å². The molecular formula is C20H24N2O8. The number of phenolic OH excluding ortho intramolecular Hbond substituents is 2. The Balaban J connectivity index is 2.37. The predicted molar refractivity (Wildman–Crippen MR) is 106 cm³/mol. The van der Waals surface area contributed by atoms with E-state index >= 15 is 0 Å². The molecule has 0 unspecified atom stereocenters. The van der Waals surface area contributed by atoms with E-state index in [0.29, 0.717) is 11.1 Å². The van der Waals surface area contributed by atoms with Gasteiger partial charge in [0.1, 0.15) is 11.5 Å². The number of benzene rings is 2. The van der Waals surface area contributed by atoms with Crippen LogP contribution >= 0.6 is 0 Å². The predicted octanol–water partition coefficient (Wildman–Crippen LogP) is -1.07. The first-order valence-electron chi connectivity index (χ1n) is 9.04. The van der Waals surface area contributed by atoms with Crippen molar-refractivity contribution in [3.63, 3.8) is 0 Å². The van der Waals surface area contributed by atoms with E-state index < -0.39 is 50.3 Å². The van der Waals surface area contributed by atoms with Gasteiger partial charge in [0.2, 0.25) is 0 Å². The normalized spacial score (nSPS) is 11.0. The molecule has 0 aromatic heterocycles. The molecule has 2 aromatic rings. The summed E-state index contributed by atoms with van der Waals surface area (Å²) < 4.78 is 0. The van der Waals surface area contributed by atoms with Crippen LogP contribution in [0.25, 0.3) is 11.1 Å². The fraction of sp³-hybridized carbons (Fsp3) is 0.300. The van der Waals surface area contributed by atoms with Gasteiger partial charge in [0.05, 0.1) is 38.5 Å². The van der Waals surface area contributed by atoms with Crippen LogP contribution in [0, 0.1) is 0 Å². The Morgan fingerprint density at radius 1 is 0.633 bits per heavy atom. The van der Waals surface area contributed by atoms with Crippen LogP contribution in [0.4, 0.5) is 0 Å². The van der Waals surface area contributed by atoms with Crippen molar-refractivity contribution in [3.8, 4) is 22.6 Å². The number of hydrogen-bond acceptors (Lipinski definition) is 8. The van der Waals surface area contributed by atoms with Gasteiger partial charge in [-0.3, -0.25) is 9.59 Å². The van der Waals surface area contributed by atoms with Crippen molar-refractivity contribution in [1.29, 1.82) is 0 Å². The fourth-order valence-electron chi connectivity index (χ4n) is 2.65. The van der Waals surface area contributed by atoms with E-state index in [0.717, 1.165) is 0 Å². The summed E-state index contributed by atoms with van der Waals surface area (Å²) in [6.45, 7) is -1.88. The third-order valence-corrected chi connectivity index (χ3v) is 4.25. The molecule has 0 aliphatic rings. The Labute approximate surface area is 172 Å². The summed E-state index contributed by atoms with van der Waals surface area (Å²) in [6, 6.07) is 6.10. The van der Waals surface area contributed by atoms with Gasteiger partial charge < -0.3 is 41.3 Å². The first-order valence-corrected chi connectivity index (χ1v) is 9.04. The highest BCUT2D eigenvalue weighted by atomic mass is 16.3. The molecule has 10 nitrogen and oxygen atoms in total. The van der Waals surface area contributed by atoms with Gasteiger partial charge in [-0.1, -0.05) is 0 Å². The zero-order valence-electron chi connectivity index (χ0n) is 15.9. The molecule has 0 saturated heterocycles. The van der Waals surface area contributed by atoms with Crippen LogP contribution in [-0.2, 0) is 0 Å². The SMILES string of the molecule is O=C(NC(CO)CO)c1cc(O)cc(-c2cc(O)cc(C(=O)NC(CO)CO)c2)c1. The maximum Gasteiger partial charge on any atom is 0.251 e. The molecule has 0 aliphatic carbocycles. The minimum atomic E-state index is -0.870. The van der Waals surface area contributed by atoms with Crippen LogP contribution in [0.3, 0.4) is 0 Å². The van der Waals surface area contributed by atoms with Gasteiger partial charge in [-0.25, -0.2) is 0 Å². The Morgan fingerprint density at radius 3 is 1.27 bits per heavy atom. The Kier molecular flexibility index (Phi) is 8.13. The van der Waals surface area contributed by atoms with Crippen molar-refractivity contribution < 1.29 is 40.2 Å². The second kappa shape index (κ2) is 10.6. The van der Waals surface area contributed by atoms with Crippen molar-refractivity contribution in [2.45, 2.75) is 12.1 Å². The lowest BCUT2D eigenvalue weighted by Crippen LogP contribution is -2.40. The lowest BCUT2D eigenvalue weighted by Gasteiger charge is -2.15. The second-order valence-electron chi connectivity index (χ2n) is 6.61. The number of nitrogens with one attached hydrogen (secondary N) is 2. The monoisotopic (exact) mass is 420 g/mol. The number of aliphatic hydroxyl groups is 4. The number of aliphatic hydroxyl groups excluding tert-OH is 4. The van der Waals surface area contributed by atoms with Gasteiger partial charge in [0, 0.05) is 11.1 Å². The first-order chi connectivity index (χ1) is 14.3. The fourth-order valence-corrected chi connectivity index (χ4v) is 2.65. The topological polar surface area (TPSA) is 180 Å². The second-order valence-corrected chi connectivity index (χ2v) is 6.61. The van der Waals surface area contributed by atoms with Crippen LogP contribution in [0.1, 0.15) is 20.7 Å². The highest BCUT2D eigenvalue weighted by Crippen LogP contribution is 2.29. The number of carbonyl (C=O) groups is 2. The summed E-state index contributed by atoms with van der Waals surface area (Å²) in [5.74, 6) is -1.80. The molecule has 8 N–H and O–H groups in total. The Morgan fingerprint density at radius 2 is 0.967 bits per heavy atom. The first kappa shape index (κ1) is 23.1. The van der Waals surface area contributed by atoms with E-state index in [1.807, 2.05) is 0 Å². The maximum absolute atomic E-state index is 12.3. The average molecular weight is 420 g/mol. The van der Waals surface area contributed by atoms with E-state index in [-0.39, 0.29) is 22.6 Å². The van der Waals surface area contributed by atoms with Crippen molar-refractivity contribution >= 4 is 11.8 Å². The molecule has 0 fully saturated rings. The molecule has 0 spiro atoms. The number of amides is 2. The molecule has 0 heterocycles. The number of phenols is 2. The van der Waals surface area contributed by atoms with Gasteiger partial charge in [0.25, 0.3) is 11.8 Å². The third kappa shape index (κ3) is 5.91. The molecule has 10 heteroatoms.